The van der Waals surface area contributed by atoms with E-state index in [-0.39, 0.29) is 0 Å². The zero-order valence-electron chi connectivity index (χ0n) is 12.1. The van der Waals surface area contributed by atoms with Crippen LogP contribution in [0.5, 0.6) is 0 Å². The molecule has 0 aliphatic heterocycles. The molecule has 0 heterocycles. The molecule has 0 aromatic carbocycles. The van der Waals surface area contributed by atoms with Crippen LogP contribution in [0.3, 0.4) is 0 Å². The monoisotopic (exact) mass is 260 g/mol. The van der Waals surface area contributed by atoms with Crippen molar-refractivity contribution in [3.8, 4) is 0 Å². The number of aliphatic imine (C=N–C) groups is 1. The van der Waals surface area contributed by atoms with Crippen LogP contribution in [0, 0.1) is 0 Å². The Hall–Kier alpha value is -1.97. The smallest absolute Gasteiger partial charge is 0.0645 e. The van der Waals surface area contributed by atoms with Crippen LogP contribution in [0.1, 0.15) is 26.7 Å². The molecule has 0 bridgehead atoms. The van der Waals surface area contributed by atoms with E-state index in [1.54, 1.807) is 6.21 Å². The summed E-state index contributed by atoms with van der Waals surface area (Å²) >= 11 is 0. The molecule has 0 amide bonds. The Morgan fingerprint density at radius 3 is 2.68 bits per heavy atom. The molecule has 0 saturated carbocycles. The maximum Gasteiger partial charge on any atom is 0.0645 e. The second kappa shape index (κ2) is 12.5. The van der Waals surface area contributed by atoms with E-state index in [0.717, 1.165) is 30.7 Å². The van der Waals surface area contributed by atoms with Gasteiger partial charge in [-0.05, 0) is 45.1 Å². The fraction of sp³-hybridized carbons (Fsp3) is 0.400. The van der Waals surface area contributed by atoms with Crippen molar-refractivity contribution in [1.29, 1.82) is 0 Å². The van der Waals surface area contributed by atoms with Gasteiger partial charge in [-0.1, -0.05) is 18.2 Å². The van der Waals surface area contributed by atoms with E-state index >= 15 is 0 Å². The Kier molecular flexibility index (Phi) is 11.2. The Morgan fingerprint density at radius 2 is 2.05 bits per heavy atom. The highest BCUT2D eigenvalue weighted by atomic mass is 15.2. The first-order valence-electron chi connectivity index (χ1n) is 6.41. The molecule has 19 heavy (non-hydrogen) atoms. The van der Waals surface area contributed by atoms with Gasteiger partial charge >= 0.3 is 0 Å². The fourth-order valence-corrected chi connectivity index (χ4v) is 1.36. The summed E-state index contributed by atoms with van der Waals surface area (Å²) in [6, 6.07) is 0. The number of nitrogens with one attached hydrogen (secondary N) is 1. The molecule has 0 atom stereocenters. The van der Waals surface area contributed by atoms with Gasteiger partial charge in [-0.25, -0.2) is 0 Å². The minimum absolute atomic E-state index is 0.768. The zero-order chi connectivity index (χ0) is 14.3. The Bertz CT molecular complexity index is 387. The van der Waals surface area contributed by atoms with Crippen molar-refractivity contribution in [3.05, 3.63) is 36.1 Å². The van der Waals surface area contributed by atoms with Crippen molar-refractivity contribution in [1.82, 2.24) is 5.32 Å². The highest BCUT2D eigenvalue weighted by Gasteiger charge is 2.01. The predicted octanol–water partition coefficient (Wildman–Crippen LogP) is 3.15. The Morgan fingerprint density at radius 1 is 1.26 bits per heavy atom. The van der Waals surface area contributed by atoms with E-state index in [2.05, 4.69) is 27.2 Å². The molecular formula is C15H24N4. The van der Waals surface area contributed by atoms with Crippen LogP contribution in [-0.2, 0) is 0 Å². The summed E-state index contributed by atoms with van der Waals surface area (Å²) in [7, 11) is 1.88. The molecule has 0 aromatic heterocycles. The average molecular weight is 260 g/mol. The normalized spacial score (nSPS) is 13.8. The van der Waals surface area contributed by atoms with Gasteiger partial charge in [0.2, 0.25) is 0 Å². The number of hydrogen-bond acceptors (Lipinski definition) is 4. The van der Waals surface area contributed by atoms with E-state index in [1.807, 2.05) is 51.4 Å². The van der Waals surface area contributed by atoms with Crippen molar-refractivity contribution in [3.63, 3.8) is 0 Å². The van der Waals surface area contributed by atoms with Crippen molar-refractivity contribution in [2.45, 2.75) is 26.7 Å². The number of hydrogen-bond donors (Lipinski definition) is 1. The van der Waals surface area contributed by atoms with E-state index in [4.69, 9.17) is 0 Å². The molecular weight excluding hydrogens is 236 g/mol. The first kappa shape index (κ1) is 17.0. The van der Waals surface area contributed by atoms with E-state index in [9.17, 15) is 0 Å². The molecule has 1 N–H and O–H groups in total. The maximum absolute atomic E-state index is 4.18. The van der Waals surface area contributed by atoms with Crippen molar-refractivity contribution in [2.75, 3.05) is 13.6 Å². The van der Waals surface area contributed by atoms with Crippen LogP contribution in [0.2, 0.25) is 0 Å². The van der Waals surface area contributed by atoms with Crippen LogP contribution in [-0.4, -0.2) is 32.2 Å². The van der Waals surface area contributed by atoms with Gasteiger partial charge < -0.3 is 10.3 Å². The Balaban J connectivity index is 4.48. The van der Waals surface area contributed by atoms with Crippen LogP contribution >= 0.6 is 0 Å². The number of allylic oxidation sites excluding steroid dienone is 5. The molecule has 0 aliphatic carbocycles. The van der Waals surface area contributed by atoms with E-state index < -0.39 is 0 Å². The lowest BCUT2D eigenvalue weighted by atomic mass is 10.1. The largest absolute Gasteiger partial charge is 0.394 e. The van der Waals surface area contributed by atoms with Crippen LogP contribution in [0.25, 0.3) is 0 Å². The van der Waals surface area contributed by atoms with Gasteiger partial charge in [0, 0.05) is 26.0 Å². The summed E-state index contributed by atoms with van der Waals surface area (Å²) in [6.45, 7) is 8.17. The van der Waals surface area contributed by atoms with Gasteiger partial charge in [0.05, 0.1) is 5.71 Å². The maximum atomic E-state index is 4.18. The number of rotatable bonds is 9. The highest BCUT2D eigenvalue weighted by molar-refractivity contribution is 5.98. The van der Waals surface area contributed by atoms with Gasteiger partial charge in [0.25, 0.3) is 0 Å². The summed E-state index contributed by atoms with van der Waals surface area (Å²) in [5.41, 5.74) is 2.05. The Labute approximate surface area is 116 Å². The molecule has 0 saturated heterocycles. The van der Waals surface area contributed by atoms with E-state index in [1.165, 1.54) is 0 Å². The van der Waals surface area contributed by atoms with Gasteiger partial charge in [-0.3, -0.25) is 0 Å². The van der Waals surface area contributed by atoms with E-state index in [0.29, 0.717) is 0 Å². The number of nitrogens with zero attached hydrogens (tertiary/aromatic N) is 3. The minimum atomic E-state index is 0.768. The second-order valence-corrected chi connectivity index (χ2v) is 3.87. The summed E-state index contributed by atoms with van der Waals surface area (Å²) in [5.74, 6) is 0. The average Bonchev–Trinajstić information content (AvgIpc) is 2.41. The third-order valence-electron chi connectivity index (χ3n) is 2.32. The molecule has 4 nitrogen and oxygen atoms in total. The predicted molar refractivity (Wildman–Crippen MR) is 86.3 cm³/mol. The minimum Gasteiger partial charge on any atom is -0.394 e. The van der Waals surface area contributed by atoms with Gasteiger partial charge in [-0.2, -0.15) is 10.2 Å². The van der Waals surface area contributed by atoms with Gasteiger partial charge in [0.15, 0.2) is 0 Å². The fourth-order valence-electron chi connectivity index (χ4n) is 1.36. The third-order valence-corrected chi connectivity index (χ3v) is 2.32. The summed E-state index contributed by atoms with van der Waals surface area (Å²) in [4.78, 5) is 3.85. The summed E-state index contributed by atoms with van der Waals surface area (Å²) in [6.07, 6.45) is 13.2. The molecule has 4 heteroatoms. The first-order valence-corrected chi connectivity index (χ1v) is 6.41. The van der Waals surface area contributed by atoms with Gasteiger partial charge in [-0.15, -0.1) is 0 Å². The van der Waals surface area contributed by atoms with Crippen LogP contribution in [0.15, 0.2) is 51.3 Å². The lowest BCUT2D eigenvalue weighted by molar-refractivity contribution is 0.838. The zero-order valence-corrected chi connectivity index (χ0v) is 12.1. The first-order chi connectivity index (χ1) is 9.26. The molecule has 0 aliphatic rings. The molecule has 104 valence electrons. The molecule has 0 rings (SSSR count). The molecule has 0 unspecified atom stereocenters. The molecule has 0 radical (unpaired) electrons. The SMILES string of the molecule is C=NCCCC(=C\NC)/C(C)=N\N=C/C=C\C=C\C. The van der Waals surface area contributed by atoms with Gasteiger partial charge in [0.1, 0.15) is 0 Å². The van der Waals surface area contributed by atoms with Crippen LogP contribution in [0.4, 0.5) is 0 Å². The molecule has 0 fully saturated rings. The standard InChI is InChI=1S/C15H24N4/c1-5-6-7-8-12-18-19-14(2)15(13-17-4)10-9-11-16-3/h5-8,12-13,17H,3,9-11H2,1-2,4H3/b6-5+,8-7-,15-13+,18-12-,19-14-. The molecule has 0 aromatic rings. The lowest BCUT2D eigenvalue weighted by Gasteiger charge is -2.04. The summed E-state index contributed by atoms with van der Waals surface area (Å²) < 4.78 is 0. The van der Waals surface area contributed by atoms with Crippen molar-refractivity contribution >= 4 is 18.6 Å². The van der Waals surface area contributed by atoms with Crippen molar-refractivity contribution < 1.29 is 0 Å². The second-order valence-electron chi connectivity index (χ2n) is 3.87. The lowest BCUT2D eigenvalue weighted by Crippen LogP contribution is -2.04. The quantitative estimate of drug-likeness (QED) is 0.294. The topological polar surface area (TPSA) is 49.1 Å². The highest BCUT2D eigenvalue weighted by Crippen LogP contribution is 2.07. The van der Waals surface area contributed by atoms with Crippen molar-refractivity contribution in [2.24, 2.45) is 15.2 Å². The molecule has 0 spiro atoms. The summed E-state index contributed by atoms with van der Waals surface area (Å²) in [5, 5.41) is 11.2. The third kappa shape index (κ3) is 9.71. The van der Waals surface area contributed by atoms with Crippen LogP contribution < -0.4 is 5.32 Å².